The molecule has 3 aromatic carbocycles. The standard InChI is InChI=1S/C21H15F2N2.C5H5.Fe/c22-18-9-5-15(6-10-18)14-25-21(17-7-11-19(23)12-8-17)13-20(24-25)16-3-1-2-4-16;1-2-4-5-3-1;/h1,4-13H,2,14H2;1-5H;/q2*-1;+2. The minimum absolute atomic E-state index is 0. The fraction of sp³-hybridized carbons (Fsp3) is 0.0769. The largest absolute Gasteiger partial charge is 2.00 e. The Morgan fingerprint density at radius 1 is 0.935 bits per heavy atom. The van der Waals surface area contributed by atoms with Crippen LogP contribution in [-0.2, 0) is 23.6 Å². The third kappa shape index (κ3) is 5.94. The van der Waals surface area contributed by atoms with E-state index >= 15 is 0 Å². The third-order valence-corrected chi connectivity index (χ3v) is 4.69. The van der Waals surface area contributed by atoms with Crippen LogP contribution in [0.4, 0.5) is 8.78 Å². The van der Waals surface area contributed by atoms with Crippen molar-refractivity contribution in [2.24, 2.45) is 0 Å². The first-order chi connectivity index (χ1) is 14.7. The minimum Gasteiger partial charge on any atom is -0.273 e. The van der Waals surface area contributed by atoms with E-state index in [2.05, 4.69) is 17.3 Å². The summed E-state index contributed by atoms with van der Waals surface area (Å²) in [6, 6.07) is 24.7. The maximum absolute atomic E-state index is 13.3. The zero-order valence-corrected chi connectivity index (χ0v) is 17.8. The molecule has 1 aliphatic rings. The van der Waals surface area contributed by atoms with Gasteiger partial charge in [-0.1, -0.05) is 24.6 Å². The Morgan fingerprint density at radius 2 is 1.58 bits per heavy atom. The molecule has 5 heteroatoms. The summed E-state index contributed by atoms with van der Waals surface area (Å²) in [5.74, 6) is -0.539. The third-order valence-electron chi connectivity index (χ3n) is 4.69. The van der Waals surface area contributed by atoms with Gasteiger partial charge in [-0.15, -0.1) is 0 Å². The van der Waals surface area contributed by atoms with Gasteiger partial charge in [0, 0.05) is 0 Å². The van der Waals surface area contributed by atoms with E-state index < -0.39 is 0 Å². The van der Waals surface area contributed by atoms with Crippen molar-refractivity contribution in [2.75, 3.05) is 0 Å². The molecule has 0 atom stereocenters. The van der Waals surface area contributed by atoms with Gasteiger partial charge in [0.15, 0.2) is 0 Å². The zero-order chi connectivity index (χ0) is 20.8. The van der Waals surface area contributed by atoms with Gasteiger partial charge in [-0.25, -0.2) is 26.0 Å². The molecular formula is C26H20F2FeN2. The van der Waals surface area contributed by atoms with Gasteiger partial charge in [0.1, 0.15) is 11.6 Å². The molecule has 1 heterocycles. The number of nitrogens with zero attached hydrogens (tertiary/aromatic N) is 2. The van der Waals surface area contributed by atoms with Crippen LogP contribution in [-0.4, -0.2) is 9.78 Å². The van der Waals surface area contributed by atoms with Crippen LogP contribution in [0.5, 0.6) is 0 Å². The first kappa shape index (κ1) is 22.5. The predicted molar refractivity (Wildman–Crippen MR) is 116 cm³/mol. The molecule has 1 aliphatic carbocycles. The van der Waals surface area contributed by atoms with Crippen LogP contribution in [0.1, 0.15) is 17.7 Å². The van der Waals surface area contributed by atoms with Gasteiger partial charge < -0.3 is 0 Å². The van der Waals surface area contributed by atoms with Gasteiger partial charge >= 0.3 is 17.1 Å². The number of halogens is 2. The Kier molecular flexibility index (Phi) is 7.82. The summed E-state index contributed by atoms with van der Waals surface area (Å²) < 4.78 is 28.3. The molecule has 2 nitrogen and oxygen atoms in total. The quantitative estimate of drug-likeness (QED) is 0.257. The van der Waals surface area contributed by atoms with E-state index in [-0.39, 0.29) is 28.7 Å². The van der Waals surface area contributed by atoms with Crippen molar-refractivity contribution in [3.05, 3.63) is 126 Å². The first-order valence-electron chi connectivity index (χ1n) is 9.73. The molecule has 0 amide bonds. The molecule has 156 valence electrons. The smallest absolute Gasteiger partial charge is 0.273 e. The van der Waals surface area contributed by atoms with Crippen LogP contribution in [0.25, 0.3) is 16.8 Å². The second-order valence-corrected chi connectivity index (χ2v) is 6.87. The normalized spacial score (nSPS) is 12.0. The van der Waals surface area contributed by atoms with Crippen LogP contribution < -0.4 is 0 Å². The van der Waals surface area contributed by atoms with Crippen LogP contribution in [0.3, 0.4) is 0 Å². The summed E-state index contributed by atoms with van der Waals surface area (Å²) in [4.78, 5) is 0. The van der Waals surface area contributed by atoms with Crippen LogP contribution >= 0.6 is 0 Å². The van der Waals surface area contributed by atoms with E-state index in [0.717, 1.165) is 34.5 Å². The van der Waals surface area contributed by atoms with E-state index in [4.69, 9.17) is 0 Å². The Bertz CT molecular complexity index is 1120. The number of aromatic nitrogens is 2. The van der Waals surface area contributed by atoms with Crippen molar-refractivity contribution in [2.45, 2.75) is 13.0 Å². The van der Waals surface area contributed by atoms with Crippen molar-refractivity contribution in [3.8, 4) is 11.3 Å². The van der Waals surface area contributed by atoms with Crippen LogP contribution in [0, 0.1) is 17.7 Å². The fourth-order valence-electron chi connectivity index (χ4n) is 3.19. The zero-order valence-electron chi connectivity index (χ0n) is 16.7. The van der Waals surface area contributed by atoms with Crippen molar-refractivity contribution >= 4 is 5.57 Å². The molecule has 0 bridgehead atoms. The number of hydrogen-bond donors (Lipinski definition) is 0. The molecule has 0 spiro atoms. The number of rotatable bonds is 4. The van der Waals surface area contributed by atoms with Crippen molar-refractivity contribution in [3.63, 3.8) is 0 Å². The second kappa shape index (κ2) is 10.8. The van der Waals surface area contributed by atoms with Gasteiger partial charge in [0.25, 0.3) is 0 Å². The topological polar surface area (TPSA) is 17.8 Å². The molecule has 5 rings (SSSR count). The van der Waals surface area contributed by atoms with E-state index in [1.165, 1.54) is 24.3 Å². The summed E-state index contributed by atoms with van der Waals surface area (Å²) in [7, 11) is 0. The number of benzene rings is 2. The van der Waals surface area contributed by atoms with Crippen LogP contribution in [0.2, 0.25) is 0 Å². The molecule has 0 aliphatic heterocycles. The van der Waals surface area contributed by atoms with E-state index in [1.807, 2.05) is 47.2 Å². The molecule has 0 N–H and O–H groups in total. The van der Waals surface area contributed by atoms with Gasteiger partial charge in [-0.05, 0) is 53.2 Å². The summed E-state index contributed by atoms with van der Waals surface area (Å²) in [5, 5.41) is 4.69. The molecular weight excluding hydrogens is 434 g/mol. The van der Waals surface area contributed by atoms with Gasteiger partial charge in [0.05, 0.1) is 12.2 Å². The molecule has 31 heavy (non-hydrogen) atoms. The Morgan fingerprint density at radius 3 is 2.13 bits per heavy atom. The van der Waals surface area contributed by atoms with Crippen molar-refractivity contribution < 1.29 is 25.8 Å². The SMILES string of the molecule is Fc1ccc(Cn2nc(C3=CCC=[C-]3)cc2-c2ccc(F)cc2)cc1.[Fe+2].c1cc[cH-]c1. The summed E-state index contributed by atoms with van der Waals surface area (Å²) in [6.45, 7) is 0.504. The summed E-state index contributed by atoms with van der Waals surface area (Å²) in [6.07, 6.45) is 8.08. The molecule has 0 radical (unpaired) electrons. The minimum atomic E-state index is -0.275. The summed E-state index contributed by atoms with van der Waals surface area (Å²) in [5.41, 5.74) is 4.49. The van der Waals surface area contributed by atoms with E-state index in [1.54, 1.807) is 24.3 Å². The molecule has 0 fully saturated rings. The van der Waals surface area contributed by atoms with Crippen molar-refractivity contribution in [1.29, 1.82) is 0 Å². The Labute approximate surface area is 191 Å². The maximum atomic E-state index is 13.3. The maximum Gasteiger partial charge on any atom is 2.00 e. The molecule has 4 aromatic rings. The van der Waals surface area contributed by atoms with E-state index in [9.17, 15) is 8.78 Å². The Balaban J connectivity index is 0.000000401. The molecule has 0 saturated carbocycles. The van der Waals surface area contributed by atoms with Crippen LogP contribution in [0.15, 0.2) is 97.1 Å². The Hall–Kier alpha value is -3.14. The fourth-order valence-corrected chi connectivity index (χ4v) is 3.19. The number of hydrogen-bond acceptors (Lipinski definition) is 1. The molecule has 1 aromatic heterocycles. The second-order valence-electron chi connectivity index (χ2n) is 6.87. The molecule has 0 saturated heterocycles. The monoisotopic (exact) mass is 454 g/mol. The van der Waals surface area contributed by atoms with Gasteiger partial charge in [0.2, 0.25) is 0 Å². The average Bonchev–Trinajstić information content (AvgIpc) is 3.54. The molecule has 0 unspecified atom stereocenters. The summed E-state index contributed by atoms with van der Waals surface area (Å²) >= 11 is 0. The van der Waals surface area contributed by atoms with E-state index in [0.29, 0.717) is 6.54 Å². The predicted octanol–water partition coefficient (Wildman–Crippen LogP) is 6.43. The first-order valence-corrected chi connectivity index (χ1v) is 9.73. The van der Waals surface area contributed by atoms with Gasteiger partial charge in [-0.3, -0.25) is 4.68 Å². The number of allylic oxidation sites excluding steroid dienone is 4. The average molecular weight is 454 g/mol. The van der Waals surface area contributed by atoms with Crippen molar-refractivity contribution in [1.82, 2.24) is 9.78 Å². The van der Waals surface area contributed by atoms with Gasteiger partial charge in [-0.2, -0.15) is 42.0 Å².